The van der Waals surface area contributed by atoms with Crippen molar-refractivity contribution in [2.75, 3.05) is 7.05 Å². The lowest BCUT2D eigenvalue weighted by atomic mass is 9.72. The topological polar surface area (TPSA) is 12.0 Å². The number of hydrogen-bond donors (Lipinski definition) is 1. The van der Waals surface area contributed by atoms with E-state index >= 15 is 0 Å². The fourth-order valence-electron chi connectivity index (χ4n) is 4.25. The lowest BCUT2D eigenvalue weighted by Crippen LogP contribution is -2.34. The molecule has 0 aromatic heterocycles. The third kappa shape index (κ3) is 2.47. The van der Waals surface area contributed by atoms with Crippen LogP contribution in [0.25, 0.3) is 10.8 Å². The molecule has 21 heavy (non-hydrogen) atoms. The highest BCUT2D eigenvalue weighted by atomic mass is 35.5. The fraction of sp³-hybridized carbons (Fsp3) is 0.474. The van der Waals surface area contributed by atoms with Crippen LogP contribution in [-0.4, -0.2) is 7.05 Å². The van der Waals surface area contributed by atoms with Crippen LogP contribution in [0.3, 0.4) is 0 Å². The second-order valence-corrected chi connectivity index (χ2v) is 6.73. The standard InChI is InChI=1S/C19H24ClN/c1-3-19(12-6-7-13-19)18(21-2)16-10-11-17(20)15-9-5-4-8-14(15)16/h4-5,8-11,18,21H,3,6-7,12-13H2,1-2H3. The summed E-state index contributed by atoms with van der Waals surface area (Å²) in [7, 11) is 2.10. The van der Waals surface area contributed by atoms with Gasteiger partial charge in [0.25, 0.3) is 0 Å². The smallest absolute Gasteiger partial charge is 0.0484 e. The van der Waals surface area contributed by atoms with E-state index in [0.717, 1.165) is 5.02 Å². The quantitative estimate of drug-likeness (QED) is 0.761. The van der Waals surface area contributed by atoms with Crippen molar-refractivity contribution in [2.24, 2.45) is 5.41 Å². The minimum absolute atomic E-state index is 0.394. The van der Waals surface area contributed by atoms with Crippen LogP contribution in [0.2, 0.25) is 5.02 Å². The van der Waals surface area contributed by atoms with Crippen LogP contribution in [-0.2, 0) is 0 Å². The SMILES string of the molecule is CCC1(C(NC)c2ccc(Cl)c3ccccc23)CCCC1. The molecular weight excluding hydrogens is 278 g/mol. The molecule has 0 saturated heterocycles. The van der Waals surface area contributed by atoms with Crippen LogP contribution in [0.15, 0.2) is 36.4 Å². The molecule has 2 heteroatoms. The van der Waals surface area contributed by atoms with E-state index in [1.54, 1.807) is 0 Å². The van der Waals surface area contributed by atoms with Crippen LogP contribution in [0.1, 0.15) is 50.6 Å². The van der Waals surface area contributed by atoms with Crippen LogP contribution >= 0.6 is 11.6 Å². The van der Waals surface area contributed by atoms with Gasteiger partial charge in [-0.05, 0) is 48.7 Å². The van der Waals surface area contributed by atoms with Crippen molar-refractivity contribution < 1.29 is 0 Å². The zero-order valence-corrected chi connectivity index (χ0v) is 13.7. The molecule has 1 aliphatic rings. The average Bonchev–Trinajstić information content (AvgIpc) is 3.00. The molecule has 2 aromatic rings. The van der Waals surface area contributed by atoms with E-state index in [-0.39, 0.29) is 0 Å². The van der Waals surface area contributed by atoms with E-state index in [2.05, 4.69) is 55.7 Å². The number of hydrogen-bond acceptors (Lipinski definition) is 1. The first-order valence-electron chi connectivity index (χ1n) is 8.06. The van der Waals surface area contributed by atoms with Gasteiger partial charge in [-0.1, -0.05) is 61.7 Å². The molecule has 1 aliphatic carbocycles. The number of rotatable bonds is 4. The predicted octanol–water partition coefficient (Wildman–Crippen LogP) is 5.72. The Balaban J connectivity index is 2.15. The highest BCUT2D eigenvalue weighted by Crippen LogP contribution is 2.51. The van der Waals surface area contributed by atoms with Gasteiger partial charge in [0.15, 0.2) is 0 Å². The molecule has 0 amide bonds. The van der Waals surface area contributed by atoms with E-state index in [4.69, 9.17) is 11.6 Å². The van der Waals surface area contributed by atoms with Crippen molar-refractivity contribution in [1.29, 1.82) is 0 Å². The van der Waals surface area contributed by atoms with Gasteiger partial charge >= 0.3 is 0 Å². The first-order valence-corrected chi connectivity index (χ1v) is 8.44. The Labute approximate surface area is 132 Å². The molecule has 0 radical (unpaired) electrons. The monoisotopic (exact) mass is 301 g/mol. The zero-order valence-electron chi connectivity index (χ0n) is 13.0. The largest absolute Gasteiger partial charge is 0.313 e. The Morgan fingerprint density at radius 1 is 1.10 bits per heavy atom. The molecule has 1 saturated carbocycles. The number of halogens is 1. The molecule has 1 unspecified atom stereocenters. The minimum atomic E-state index is 0.394. The Kier molecular flexibility index (Phi) is 4.24. The summed E-state index contributed by atoms with van der Waals surface area (Å²) in [6, 6.07) is 13.2. The van der Waals surface area contributed by atoms with Gasteiger partial charge in [0.1, 0.15) is 0 Å². The van der Waals surface area contributed by atoms with E-state index in [9.17, 15) is 0 Å². The molecule has 0 spiro atoms. The van der Waals surface area contributed by atoms with E-state index in [1.165, 1.54) is 48.4 Å². The van der Waals surface area contributed by atoms with Gasteiger partial charge in [-0.15, -0.1) is 0 Å². The molecule has 1 fully saturated rings. The molecule has 112 valence electrons. The van der Waals surface area contributed by atoms with Crippen LogP contribution in [0.5, 0.6) is 0 Å². The second kappa shape index (κ2) is 5.98. The van der Waals surface area contributed by atoms with Gasteiger partial charge in [-0.25, -0.2) is 0 Å². The first-order chi connectivity index (χ1) is 10.2. The summed E-state index contributed by atoms with van der Waals surface area (Å²) >= 11 is 6.38. The van der Waals surface area contributed by atoms with E-state index in [1.807, 2.05) is 0 Å². The lowest BCUT2D eigenvalue weighted by molar-refractivity contribution is 0.196. The van der Waals surface area contributed by atoms with E-state index in [0.29, 0.717) is 11.5 Å². The fourth-order valence-corrected chi connectivity index (χ4v) is 4.48. The highest BCUT2D eigenvalue weighted by molar-refractivity contribution is 6.35. The Morgan fingerprint density at radius 3 is 2.38 bits per heavy atom. The van der Waals surface area contributed by atoms with Gasteiger partial charge in [-0.2, -0.15) is 0 Å². The molecule has 1 nitrogen and oxygen atoms in total. The van der Waals surface area contributed by atoms with Gasteiger partial charge in [0.2, 0.25) is 0 Å². The summed E-state index contributed by atoms with van der Waals surface area (Å²) in [4.78, 5) is 0. The van der Waals surface area contributed by atoms with Crippen molar-refractivity contribution in [2.45, 2.75) is 45.1 Å². The normalized spacial score (nSPS) is 19.0. The molecule has 0 heterocycles. The summed E-state index contributed by atoms with van der Waals surface area (Å²) in [5, 5.41) is 6.93. The maximum Gasteiger partial charge on any atom is 0.0484 e. The van der Waals surface area contributed by atoms with Gasteiger partial charge < -0.3 is 5.32 Å². The third-order valence-electron chi connectivity index (χ3n) is 5.42. The Bertz CT molecular complexity index is 628. The number of nitrogens with one attached hydrogen (secondary N) is 1. The second-order valence-electron chi connectivity index (χ2n) is 6.33. The molecule has 3 rings (SSSR count). The van der Waals surface area contributed by atoms with E-state index < -0.39 is 0 Å². The molecule has 1 atom stereocenters. The van der Waals surface area contributed by atoms with Crippen LogP contribution in [0.4, 0.5) is 0 Å². The van der Waals surface area contributed by atoms with Crippen molar-refractivity contribution in [3.63, 3.8) is 0 Å². The zero-order chi connectivity index (χ0) is 14.9. The van der Waals surface area contributed by atoms with Gasteiger partial charge in [-0.3, -0.25) is 0 Å². The van der Waals surface area contributed by atoms with Crippen molar-refractivity contribution in [3.8, 4) is 0 Å². The minimum Gasteiger partial charge on any atom is -0.313 e. The van der Waals surface area contributed by atoms with Crippen LogP contribution < -0.4 is 5.32 Å². The number of benzene rings is 2. The first kappa shape index (κ1) is 14.9. The summed E-state index contributed by atoms with van der Waals surface area (Å²) < 4.78 is 0. The summed E-state index contributed by atoms with van der Waals surface area (Å²) in [5.41, 5.74) is 1.80. The maximum absolute atomic E-state index is 6.38. The summed E-state index contributed by atoms with van der Waals surface area (Å²) in [6.45, 7) is 2.34. The average molecular weight is 302 g/mol. The van der Waals surface area contributed by atoms with Crippen molar-refractivity contribution >= 4 is 22.4 Å². The summed E-state index contributed by atoms with van der Waals surface area (Å²) in [6.07, 6.45) is 6.60. The number of fused-ring (bicyclic) bond motifs is 1. The molecule has 1 N–H and O–H groups in total. The highest BCUT2D eigenvalue weighted by Gasteiger charge is 2.40. The van der Waals surface area contributed by atoms with Gasteiger partial charge in [0, 0.05) is 16.5 Å². The molecule has 2 aromatic carbocycles. The molecule has 0 bridgehead atoms. The lowest BCUT2D eigenvalue weighted by Gasteiger charge is -2.38. The summed E-state index contributed by atoms with van der Waals surface area (Å²) in [5.74, 6) is 0. The van der Waals surface area contributed by atoms with Gasteiger partial charge in [0.05, 0.1) is 0 Å². The van der Waals surface area contributed by atoms with Crippen molar-refractivity contribution in [1.82, 2.24) is 5.32 Å². The molecule has 0 aliphatic heterocycles. The maximum atomic E-state index is 6.38. The van der Waals surface area contributed by atoms with Crippen molar-refractivity contribution in [3.05, 3.63) is 47.0 Å². The predicted molar refractivity (Wildman–Crippen MR) is 92.0 cm³/mol. The molecular formula is C19H24ClN. The Morgan fingerprint density at radius 2 is 1.76 bits per heavy atom. The third-order valence-corrected chi connectivity index (χ3v) is 5.75. The Hall–Kier alpha value is -1.05. The van der Waals surface area contributed by atoms with Crippen LogP contribution in [0, 0.1) is 5.41 Å².